The fourth-order valence-electron chi connectivity index (χ4n) is 1.69. The molecule has 20 heavy (non-hydrogen) atoms. The second-order valence-electron chi connectivity index (χ2n) is 4.56. The molecule has 6 heteroatoms. The summed E-state index contributed by atoms with van der Waals surface area (Å²) in [4.78, 5) is 24.4. The number of nitrogens with one attached hydrogen (secondary N) is 1. The topological polar surface area (TPSA) is 69.6 Å². The SMILES string of the molecule is CCCCCN(C)C(=O)Nc1ccc(Cl)c(C(=O)O)c1. The van der Waals surface area contributed by atoms with Gasteiger partial charge >= 0.3 is 12.0 Å². The van der Waals surface area contributed by atoms with Gasteiger partial charge in [-0.2, -0.15) is 0 Å². The van der Waals surface area contributed by atoms with Crippen LogP contribution in [0.25, 0.3) is 0 Å². The number of benzene rings is 1. The number of hydrogen-bond donors (Lipinski definition) is 2. The van der Waals surface area contributed by atoms with E-state index in [0.29, 0.717) is 12.2 Å². The normalized spacial score (nSPS) is 10.2. The molecule has 0 heterocycles. The Morgan fingerprint density at radius 2 is 2.05 bits per heavy atom. The molecule has 2 N–H and O–H groups in total. The van der Waals surface area contributed by atoms with Crippen LogP contribution in [0.2, 0.25) is 5.02 Å². The summed E-state index contributed by atoms with van der Waals surface area (Å²) >= 11 is 5.77. The number of carboxylic acid groups (broad SMARTS) is 1. The van der Waals surface area contributed by atoms with Crippen molar-refractivity contribution < 1.29 is 14.7 Å². The summed E-state index contributed by atoms with van der Waals surface area (Å²) in [5.41, 5.74) is 0.386. The number of rotatable bonds is 6. The highest BCUT2D eigenvalue weighted by molar-refractivity contribution is 6.33. The van der Waals surface area contributed by atoms with E-state index in [1.807, 2.05) is 0 Å². The fraction of sp³-hybridized carbons (Fsp3) is 0.429. The van der Waals surface area contributed by atoms with Gasteiger partial charge in [-0.15, -0.1) is 0 Å². The maximum Gasteiger partial charge on any atom is 0.337 e. The molecule has 0 fully saturated rings. The van der Waals surface area contributed by atoms with E-state index < -0.39 is 5.97 Å². The van der Waals surface area contributed by atoms with E-state index in [2.05, 4.69) is 12.2 Å². The van der Waals surface area contributed by atoms with E-state index in [9.17, 15) is 9.59 Å². The van der Waals surface area contributed by atoms with Gasteiger partial charge in [-0.05, 0) is 24.6 Å². The number of anilines is 1. The van der Waals surface area contributed by atoms with Gasteiger partial charge in [-0.3, -0.25) is 0 Å². The van der Waals surface area contributed by atoms with Gasteiger partial charge in [0.15, 0.2) is 0 Å². The van der Waals surface area contributed by atoms with Crippen molar-refractivity contribution in [2.75, 3.05) is 18.9 Å². The molecule has 0 bridgehead atoms. The van der Waals surface area contributed by atoms with Crippen LogP contribution < -0.4 is 5.32 Å². The van der Waals surface area contributed by atoms with Crippen LogP contribution in [0.1, 0.15) is 36.5 Å². The molecule has 0 unspecified atom stereocenters. The van der Waals surface area contributed by atoms with Gasteiger partial charge in [-0.25, -0.2) is 9.59 Å². The standard InChI is InChI=1S/C14H19ClN2O3/c1-3-4-5-8-17(2)14(20)16-10-6-7-12(15)11(9-10)13(18)19/h6-7,9H,3-5,8H2,1-2H3,(H,16,20)(H,18,19). The Kier molecular flexibility index (Phi) is 6.31. The van der Waals surface area contributed by atoms with Crippen molar-refractivity contribution in [2.24, 2.45) is 0 Å². The first-order valence-electron chi connectivity index (χ1n) is 6.50. The molecule has 0 radical (unpaired) electrons. The summed E-state index contributed by atoms with van der Waals surface area (Å²) in [6.07, 6.45) is 3.11. The number of urea groups is 1. The van der Waals surface area contributed by atoms with E-state index in [4.69, 9.17) is 16.7 Å². The molecule has 2 amide bonds. The van der Waals surface area contributed by atoms with Crippen molar-refractivity contribution >= 4 is 29.3 Å². The highest BCUT2D eigenvalue weighted by atomic mass is 35.5. The highest BCUT2D eigenvalue weighted by Gasteiger charge is 2.12. The lowest BCUT2D eigenvalue weighted by Gasteiger charge is -2.18. The van der Waals surface area contributed by atoms with Gasteiger partial charge in [0.2, 0.25) is 0 Å². The molecule has 0 aliphatic heterocycles. The molecular weight excluding hydrogens is 280 g/mol. The van der Waals surface area contributed by atoms with E-state index in [1.165, 1.54) is 12.1 Å². The Morgan fingerprint density at radius 1 is 1.35 bits per heavy atom. The van der Waals surface area contributed by atoms with Crippen LogP contribution in [-0.4, -0.2) is 35.6 Å². The summed E-state index contributed by atoms with van der Waals surface area (Å²) in [5, 5.41) is 11.8. The summed E-state index contributed by atoms with van der Waals surface area (Å²) < 4.78 is 0. The summed E-state index contributed by atoms with van der Waals surface area (Å²) in [7, 11) is 1.71. The number of amides is 2. The van der Waals surface area contributed by atoms with Gasteiger partial charge in [0.25, 0.3) is 0 Å². The second kappa shape index (κ2) is 7.75. The first kappa shape index (κ1) is 16.3. The van der Waals surface area contributed by atoms with Gasteiger partial charge < -0.3 is 15.3 Å². The predicted octanol–water partition coefficient (Wildman–Crippen LogP) is 3.69. The molecule has 0 saturated heterocycles. The zero-order chi connectivity index (χ0) is 15.1. The molecule has 1 rings (SSSR count). The van der Waals surface area contributed by atoms with Crippen LogP contribution in [0, 0.1) is 0 Å². The lowest BCUT2D eigenvalue weighted by molar-refractivity contribution is 0.0697. The molecule has 1 aromatic rings. The molecule has 0 spiro atoms. The fourth-order valence-corrected chi connectivity index (χ4v) is 1.88. The molecule has 1 aromatic carbocycles. The highest BCUT2D eigenvalue weighted by Crippen LogP contribution is 2.20. The number of hydrogen-bond acceptors (Lipinski definition) is 2. The molecule has 0 aromatic heterocycles. The van der Waals surface area contributed by atoms with Gasteiger partial charge in [-0.1, -0.05) is 31.4 Å². The van der Waals surface area contributed by atoms with Gasteiger partial charge in [0.05, 0.1) is 10.6 Å². The van der Waals surface area contributed by atoms with Crippen LogP contribution in [0.3, 0.4) is 0 Å². The molecule has 0 aliphatic carbocycles. The molecule has 110 valence electrons. The minimum Gasteiger partial charge on any atom is -0.478 e. The third kappa shape index (κ3) is 4.74. The number of carbonyl (C=O) groups excluding carboxylic acids is 1. The third-order valence-electron chi connectivity index (χ3n) is 2.89. The molecular formula is C14H19ClN2O3. The van der Waals surface area contributed by atoms with Crippen LogP contribution in [-0.2, 0) is 0 Å². The minimum atomic E-state index is -1.12. The molecule has 0 aliphatic rings. The molecule has 5 nitrogen and oxygen atoms in total. The quantitative estimate of drug-likeness (QED) is 0.787. The van der Waals surface area contributed by atoms with Crippen LogP contribution in [0.15, 0.2) is 18.2 Å². The summed E-state index contributed by atoms with van der Waals surface area (Å²) in [5.74, 6) is -1.12. The average Bonchev–Trinajstić information content (AvgIpc) is 2.40. The summed E-state index contributed by atoms with van der Waals surface area (Å²) in [6, 6.07) is 4.12. The third-order valence-corrected chi connectivity index (χ3v) is 3.22. The number of nitrogens with zero attached hydrogens (tertiary/aromatic N) is 1. The molecule has 0 atom stereocenters. The van der Waals surface area contributed by atoms with Crippen molar-refractivity contribution in [3.8, 4) is 0 Å². The van der Waals surface area contributed by atoms with E-state index >= 15 is 0 Å². The Hall–Kier alpha value is -1.75. The predicted molar refractivity (Wildman–Crippen MR) is 79.6 cm³/mol. The largest absolute Gasteiger partial charge is 0.478 e. The summed E-state index contributed by atoms with van der Waals surface area (Å²) in [6.45, 7) is 2.76. The smallest absolute Gasteiger partial charge is 0.337 e. The maximum absolute atomic E-state index is 11.9. The van der Waals surface area contributed by atoms with E-state index in [-0.39, 0.29) is 16.6 Å². The Labute approximate surface area is 123 Å². The number of unbranched alkanes of at least 4 members (excludes halogenated alkanes) is 2. The number of halogens is 1. The van der Waals surface area contributed by atoms with Crippen LogP contribution >= 0.6 is 11.6 Å². The number of carboxylic acids is 1. The van der Waals surface area contributed by atoms with Crippen molar-refractivity contribution in [3.05, 3.63) is 28.8 Å². The minimum absolute atomic E-state index is 0.0295. The number of carbonyl (C=O) groups is 2. The van der Waals surface area contributed by atoms with Crippen molar-refractivity contribution in [1.29, 1.82) is 0 Å². The maximum atomic E-state index is 11.9. The van der Waals surface area contributed by atoms with Crippen molar-refractivity contribution in [2.45, 2.75) is 26.2 Å². The average molecular weight is 299 g/mol. The zero-order valence-electron chi connectivity index (χ0n) is 11.6. The second-order valence-corrected chi connectivity index (χ2v) is 4.97. The number of aromatic carboxylic acids is 1. The first-order chi connectivity index (χ1) is 9.45. The van der Waals surface area contributed by atoms with Gasteiger partial charge in [0, 0.05) is 19.3 Å². The lowest BCUT2D eigenvalue weighted by atomic mass is 10.2. The van der Waals surface area contributed by atoms with Crippen LogP contribution in [0.4, 0.5) is 10.5 Å². The van der Waals surface area contributed by atoms with Crippen molar-refractivity contribution in [3.63, 3.8) is 0 Å². The van der Waals surface area contributed by atoms with Gasteiger partial charge in [0.1, 0.15) is 0 Å². The Morgan fingerprint density at radius 3 is 2.65 bits per heavy atom. The van der Waals surface area contributed by atoms with Crippen molar-refractivity contribution in [1.82, 2.24) is 4.90 Å². The van der Waals surface area contributed by atoms with Crippen LogP contribution in [0.5, 0.6) is 0 Å². The van der Waals surface area contributed by atoms with E-state index in [0.717, 1.165) is 19.3 Å². The monoisotopic (exact) mass is 298 g/mol. The zero-order valence-corrected chi connectivity index (χ0v) is 12.4. The molecule has 0 saturated carbocycles. The Bertz CT molecular complexity index is 491. The first-order valence-corrected chi connectivity index (χ1v) is 6.88. The van der Waals surface area contributed by atoms with E-state index in [1.54, 1.807) is 18.0 Å². The lowest BCUT2D eigenvalue weighted by Crippen LogP contribution is -2.32. The Balaban J connectivity index is 2.66.